The Balaban J connectivity index is 2.01. The van der Waals surface area contributed by atoms with E-state index in [0.717, 1.165) is 9.21 Å². The highest BCUT2D eigenvalue weighted by Gasteiger charge is 2.16. The summed E-state index contributed by atoms with van der Waals surface area (Å²) in [5, 5.41) is 13.7. The lowest BCUT2D eigenvalue weighted by atomic mass is 10.1. The Labute approximate surface area is 149 Å². The molecule has 0 saturated carbocycles. The molecule has 1 N–H and O–H groups in total. The molecule has 0 spiro atoms. The molecule has 1 aromatic heterocycles. The summed E-state index contributed by atoms with van der Waals surface area (Å²) in [7, 11) is 0. The number of nitrogens with zero attached hydrogens (tertiary/aromatic N) is 2. The van der Waals surface area contributed by atoms with Gasteiger partial charge >= 0.3 is 0 Å². The fourth-order valence-corrected chi connectivity index (χ4v) is 3.42. The number of thiophene rings is 1. The highest BCUT2D eigenvalue weighted by molar-refractivity contribution is 7.16. The number of hydrogen-bond donors (Lipinski definition) is 1. The Morgan fingerprint density at radius 2 is 2.12 bits per heavy atom. The average Bonchev–Trinajstić information content (AvgIpc) is 2.93. The number of carbonyl (C=O) groups excluding carboxylic acids is 1. The first-order chi connectivity index (χ1) is 11.4. The number of nitro groups is 1. The van der Waals surface area contributed by atoms with E-state index in [-0.39, 0.29) is 18.1 Å². The maximum atomic E-state index is 12.3. The largest absolute Gasteiger partial charge is 0.324 e. The molecule has 0 aliphatic heterocycles. The summed E-state index contributed by atoms with van der Waals surface area (Å²) >= 11 is 7.41. The number of nitrogens with one attached hydrogen (secondary N) is 1. The van der Waals surface area contributed by atoms with E-state index in [2.05, 4.69) is 5.32 Å². The Morgan fingerprint density at radius 3 is 2.71 bits per heavy atom. The predicted molar refractivity (Wildman–Crippen MR) is 96.7 cm³/mol. The molecule has 24 heavy (non-hydrogen) atoms. The number of anilines is 1. The van der Waals surface area contributed by atoms with E-state index in [1.54, 1.807) is 19.1 Å². The van der Waals surface area contributed by atoms with Gasteiger partial charge in [0.15, 0.2) is 0 Å². The van der Waals surface area contributed by atoms with E-state index in [9.17, 15) is 14.9 Å². The maximum Gasteiger partial charge on any atom is 0.274 e. The Kier molecular flexibility index (Phi) is 6.30. The molecule has 0 radical (unpaired) electrons. The van der Waals surface area contributed by atoms with Crippen LogP contribution in [0.2, 0.25) is 4.34 Å². The molecular formula is C16H18ClN3O3S. The Bertz CT molecular complexity index is 748. The van der Waals surface area contributed by atoms with Crippen molar-refractivity contribution in [2.75, 3.05) is 18.4 Å². The van der Waals surface area contributed by atoms with Crippen molar-refractivity contribution in [3.05, 3.63) is 55.2 Å². The fourth-order valence-electron chi connectivity index (χ4n) is 2.29. The van der Waals surface area contributed by atoms with Crippen LogP contribution in [0.4, 0.5) is 11.4 Å². The van der Waals surface area contributed by atoms with Crippen LogP contribution in [0.5, 0.6) is 0 Å². The number of carbonyl (C=O) groups is 1. The summed E-state index contributed by atoms with van der Waals surface area (Å²) in [5.74, 6) is -0.205. The molecule has 1 heterocycles. The molecule has 8 heteroatoms. The Morgan fingerprint density at radius 1 is 1.38 bits per heavy atom. The topological polar surface area (TPSA) is 75.5 Å². The van der Waals surface area contributed by atoms with Crippen LogP contribution in [0.1, 0.15) is 17.4 Å². The number of hydrogen-bond acceptors (Lipinski definition) is 5. The second-order valence-corrected chi connectivity index (χ2v) is 7.06. The summed E-state index contributed by atoms with van der Waals surface area (Å²) in [5.41, 5.74) is 0.904. The molecule has 128 valence electrons. The zero-order valence-corrected chi connectivity index (χ0v) is 15.0. The zero-order valence-electron chi connectivity index (χ0n) is 13.4. The van der Waals surface area contributed by atoms with Crippen LogP contribution in [0.15, 0.2) is 30.3 Å². The molecule has 2 rings (SSSR count). The summed E-state index contributed by atoms with van der Waals surface area (Å²) in [4.78, 5) is 25.8. The summed E-state index contributed by atoms with van der Waals surface area (Å²) in [6.45, 7) is 5.14. The van der Waals surface area contributed by atoms with Crippen LogP contribution >= 0.6 is 22.9 Å². The van der Waals surface area contributed by atoms with Crippen LogP contribution in [0.3, 0.4) is 0 Å². The molecule has 0 fully saturated rings. The van der Waals surface area contributed by atoms with Gasteiger partial charge in [0.1, 0.15) is 0 Å². The number of nitro benzene ring substituents is 1. The summed E-state index contributed by atoms with van der Waals surface area (Å²) < 4.78 is 0.720. The van der Waals surface area contributed by atoms with E-state index < -0.39 is 4.92 Å². The molecule has 1 aromatic carbocycles. The number of amides is 1. The van der Waals surface area contributed by atoms with Gasteiger partial charge in [0.2, 0.25) is 5.91 Å². The minimum atomic E-state index is -0.454. The smallest absolute Gasteiger partial charge is 0.274 e. The van der Waals surface area contributed by atoms with Gasteiger partial charge in [-0.25, -0.2) is 0 Å². The molecule has 0 atom stereocenters. The fraction of sp³-hybridized carbons (Fsp3) is 0.312. The van der Waals surface area contributed by atoms with Crippen molar-refractivity contribution >= 4 is 40.2 Å². The standard InChI is InChI=1S/C16H18ClN3O3S/c1-3-19(9-12-7-8-15(17)24-12)10-16(21)18-13-5-4-6-14(11(13)2)20(22)23/h4-8H,3,9-10H2,1-2H3,(H,18,21). The SMILES string of the molecule is CCN(CC(=O)Nc1cccc([N+](=O)[O-])c1C)Cc1ccc(Cl)s1. The summed E-state index contributed by atoms with van der Waals surface area (Å²) in [6.07, 6.45) is 0. The van der Waals surface area contributed by atoms with E-state index in [1.165, 1.54) is 17.4 Å². The third-order valence-electron chi connectivity index (χ3n) is 3.60. The first-order valence-electron chi connectivity index (χ1n) is 7.41. The quantitative estimate of drug-likeness (QED) is 0.591. The molecule has 0 saturated heterocycles. The number of benzene rings is 1. The van der Waals surface area contributed by atoms with Gasteiger partial charge in [-0.05, 0) is 31.7 Å². The molecule has 0 bridgehead atoms. The van der Waals surface area contributed by atoms with Gasteiger partial charge < -0.3 is 5.32 Å². The van der Waals surface area contributed by atoms with E-state index in [1.807, 2.05) is 24.0 Å². The van der Waals surface area contributed by atoms with Gasteiger partial charge in [-0.15, -0.1) is 11.3 Å². The summed E-state index contributed by atoms with van der Waals surface area (Å²) in [6, 6.07) is 8.42. The van der Waals surface area contributed by atoms with Crippen molar-refractivity contribution in [3.63, 3.8) is 0 Å². The third kappa shape index (κ3) is 4.77. The lowest BCUT2D eigenvalue weighted by Crippen LogP contribution is -2.32. The van der Waals surface area contributed by atoms with Crippen molar-refractivity contribution in [2.45, 2.75) is 20.4 Å². The maximum absolute atomic E-state index is 12.3. The van der Waals surface area contributed by atoms with Gasteiger partial charge in [0.25, 0.3) is 5.69 Å². The van der Waals surface area contributed by atoms with Crippen molar-refractivity contribution in [1.82, 2.24) is 4.90 Å². The molecule has 0 unspecified atom stereocenters. The normalized spacial score (nSPS) is 10.8. The van der Waals surface area contributed by atoms with Gasteiger partial charge in [-0.1, -0.05) is 24.6 Å². The van der Waals surface area contributed by atoms with Crippen LogP contribution in [-0.2, 0) is 11.3 Å². The van der Waals surface area contributed by atoms with Crippen molar-refractivity contribution < 1.29 is 9.72 Å². The number of halogens is 1. The molecule has 0 aliphatic carbocycles. The highest BCUT2D eigenvalue weighted by Crippen LogP contribution is 2.25. The minimum Gasteiger partial charge on any atom is -0.324 e. The highest BCUT2D eigenvalue weighted by atomic mass is 35.5. The van der Waals surface area contributed by atoms with Gasteiger partial charge in [0, 0.05) is 17.5 Å². The van der Waals surface area contributed by atoms with Gasteiger partial charge in [-0.2, -0.15) is 0 Å². The van der Waals surface area contributed by atoms with Crippen molar-refractivity contribution in [3.8, 4) is 0 Å². The van der Waals surface area contributed by atoms with Crippen molar-refractivity contribution in [2.24, 2.45) is 0 Å². The predicted octanol–water partition coefficient (Wildman–Crippen LogP) is 4.08. The minimum absolute atomic E-state index is 0.00613. The van der Waals surface area contributed by atoms with Crippen LogP contribution in [0, 0.1) is 17.0 Å². The zero-order chi connectivity index (χ0) is 17.7. The van der Waals surface area contributed by atoms with Crippen LogP contribution < -0.4 is 5.32 Å². The lowest BCUT2D eigenvalue weighted by molar-refractivity contribution is -0.385. The molecular weight excluding hydrogens is 350 g/mol. The van der Waals surface area contributed by atoms with E-state index in [4.69, 9.17) is 11.6 Å². The first kappa shape index (κ1) is 18.4. The van der Waals surface area contributed by atoms with E-state index >= 15 is 0 Å². The second-order valence-electron chi connectivity index (χ2n) is 5.26. The molecule has 0 aliphatic rings. The average molecular weight is 368 g/mol. The van der Waals surface area contributed by atoms with Crippen LogP contribution in [0.25, 0.3) is 0 Å². The van der Waals surface area contributed by atoms with Gasteiger partial charge in [0.05, 0.1) is 27.1 Å². The molecule has 2 aromatic rings. The lowest BCUT2D eigenvalue weighted by Gasteiger charge is -2.19. The number of rotatable bonds is 7. The second kappa shape index (κ2) is 8.23. The van der Waals surface area contributed by atoms with E-state index in [0.29, 0.717) is 24.3 Å². The van der Waals surface area contributed by atoms with Crippen molar-refractivity contribution in [1.29, 1.82) is 0 Å². The number of likely N-dealkylation sites (N-methyl/N-ethyl adjacent to an activating group) is 1. The monoisotopic (exact) mass is 367 g/mol. The molecule has 1 amide bonds. The van der Waals surface area contributed by atoms with Gasteiger partial charge in [-0.3, -0.25) is 19.8 Å². The first-order valence-corrected chi connectivity index (χ1v) is 8.60. The molecule has 6 nitrogen and oxygen atoms in total. The van der Waals surface area contributed by atoms with Crippen LogP contribution in [-0.4, -0.2) is 28.8 Å². The Hall–Kier alpha value is -1.96. The third-order valence-corrected chi connectivity index (χ3v) is 4.81.